The van der Waals surface area contributed by atoms with Crippen LogP contribution < -0.4 is 10.6 Å². The summed E-state index contributed by atoms with van der Waals surface area (Å²) in [7, 11) is 0. The molecule has 1 saturated heterocycles. The van der Waals surface area contributed by atoms with Crippen molar-refractivity contribution in [2.45, 2.75) is 13.3 Å². The van der Waals surface area contributed by atoms with Gasteiger partial charge in [-0.1, -0.05) is 0 Å². The zero-order valence-electron chi connectivity index (χ0n) is 11.8. The molecule has 21 heavy (non-hydrogen) atoms. The second-order valence-corrected chi connectivity index (χ2v) is 5.34. The van der Waals surface area contributed by atoms with Gasteiger partial charge in [0, 0.05) is 19.0 Å². The largest absolute Gasteiger partial charge is 0.330 e. The van der Waals surface area contributed by atoms with Crippen LogP contribution in [0.1, 0.15) is 12.1 Å². The Hall–Kier alpha value is -2.21. The molecule has 1 aliphatic rings. The van der Waals surface area contributed by atoms with E-state index in [1.807, 2.05) is 13.0 Å². The highest BCUT2D eigenvalue weighted by Crippen LogP contribution is 2.27. The lowest BCUT2D eigenvalue weighted by Gasteiger charge is -2.18. The zero-order valence-corrected chi connectivity index (χ0v) is 11.8. The van der Waals surface area contributed by atoms with Gasteiger partial charge in [0.25, 0.3) is 0 Å². The lowest BCUT2D eigenvalue weighted by molar-refractivity contribution is -0.117. The molecule has 1 amide bonds. The normalized spacial score (nSPS) is 18.5. The lowest BCUT2D eigenvalue weighted by atomic mass is 10.1. The number of nitrogens with zero attached hydrogens (tertiary/aromatic N) is 3. The van der Waals surface area contributed by atoms with Gasteiger partial charge in [0.2, 0.25) is 5.91 Å². The predicted molar refractivity (Wildman–Crippen MR) is 77.8 cm³/mol. The van der Waals surface area contributed by atoms with Gasteiger partial charge < -0.3 is 5.73 Å². The average molecular weight is 288 g/mol. The minimum Gasteiger partial charge on any atom is -0.330 e. The lowest BCUT2D eigenvalue weighted by Crippen LogP contribution is -2.28. The number of carbonyl (C=O) groups excluding carboxylic acids is 1. The van der Waals surface area contributed by atoms with Crippen molar-refractivity contribution in [3.05, 3.63) is 41.8 Å². The van der Waals surface area contributed by atoms with Crippen molar-refractivity contribution in [3.63, 3.8) is 0 Å². The molecule has 0 aliphatic carbocycles. The van der Waals surface area contributed by atoms with E-state index < -0.39 is 0 Å². The van der Waals surface area contributed by atoms with Crippen LogP contribution in [0.2, 0.25) is 0 Å². The van der Waals surface area contributed by atoms with Gasteiger partial charge in [0.1, 0.15) is 11.6 Å². The molecule has 1 aliphatic heterocycles. The molecule has 0 spiro atoms. The highest BCUT2D eigenvalue weighted by molar-refractivity contribution is 5.95. The van der Waals surface area contributed by atoms with Crippen molar-refractivity contribution in [1.82, 2.24) is 9.78 Å². The standard InChI is InChI=1S/C15H17FN4O/c1-10-6-14(19-9-11(8-17)7-15(19)21)20(18-10)13-4-2-12(16)3-5-13/h2-6,11H,7-9,17H2,1H3. The Kier molecular flexibility index (Phi) is 3.47. The fourth-order valence-corrected chi connectivity index (χ4v) is 2.61. The number of hydrogen-bond acceptors (Lipinski definition) is 3. The van der Waals surface area contributed by atoms with Crippen LogP contribution in [0.4, 0.5) is 10.2 Å². The Balaban J connectivity index is 2.00. The average Bonchev–Trinajstić information content (AvgIpc) is 3.02. The van der Waals surface area contributed by atoms with Gasteiger partial charge in [-0.05, 0) is 43.7 Å². The van der Waals surface area contributed by atoms with Crippen LogP contribution in [-0.4, -0.2) is 28.8 Å². The molecule has 0 bridgehead atoms. The van der Waals surface area contributed by atoms with E-state index in [-0.39, 0.29) is 17.6 Å². The summed E-state index contributed by atoms with van der Waals surface area (Å²) in [6, 6.07) is 7.91. The van der Waals surface area contributed by atoms with Gasteiger partial charge in [-0.2, -0.15) is 5.10 Å². The number of aromatic nitrogens is 2. The number of benzene rings is 1. The second kappa shape index (κ2) is 5.29. The topological polar surface area (TPSA) is 64.2 Å². The molecule has 0 radical (unpaired) electrons. The molecule has 110 valence electrons. The molecular formula is C15H17FN4O. The summed E-state index contributed by atoms with van der Waals surface area (Å²) in [6.45, 7) is 2.96. The van der Waals surface area contributed by atoms with E-state index in [1.54, 1.807) is 21.7 Å². The summed E-state index contributed by atoms with van der Waals surface area (Å²) < 4.78 is 14.7. The Bertz CT molecular complexity index is 665. The van der Waals surface area contributed by atoms with Gasteiger partial charge in [-0.25, -0.2) is 9.07 Å². The third-order valence-corrected chi connectivity index (χ3v) is 3.70. The third kappa shape index (κ3) is 2.54. The van der Waals surface area contributed by atoms with Gasteiger partial charge in [-0.15, -0.1) is 0 Å². The van der Waals surface area contributed by atoms with Crippen molar-refractivity contribution >= 4 is 11.7 Å². The van der Waals surface area contributed by atoms with Crippen molar-refractivity contribution in [2.75, 3.05) is 18.0 Å². The number of rotatable bonds is 3. The zero-order chi connectivity index (χ0) is 15.0. The van der Waals surface area contributed by atoms with Crippen LogP contribution in [-0.2, 0) is 4.79 Å². The van der Waals surface area contributed by atoms with Crippen LogP contribution in [0.3, 0.4) is 0 Å². The third-order valence-electron chi connectivity index (χ3n) is 3.70. The van der Waals surface area contributed by atoms with Crippen LogP contribution >= 0.6 is 0 Å². The number of halogens is 1. The molecule has 1 fully saturated rings. The number of hydrogen-bond donors (Lipinski definition) is 1. The SMILES string of the molecule is Cc1cc(N2CC(CN)CC2=O)n(-c2ccc(F)cc2)n1. The summed E-state index contributed by atoms with van der Waals surface area (Å²) in [4.78, 5) is 13.9. The monoisotopic (exact) mass is 288 g/mol. The van der Waals surface area contributed by atoms with Crippen LogP contribution in [0, 0.1) is 18.7 Å². The minimum atomic E-state index is -0.301. The minimum absolute atomic E-state index is 0.0497. The van der Waals surface area contributed by atoms with Gasteiger partial charge in [0.15, 0.2) is 0 Å². The van der Waals surface area contributed by atoms with Crippen LogP contribution in [0.5, 0.6) is 0 Å². The highest BCUT2D eigenvalue weighted by Gasteiger charge is 2.32. The summed E-state index contributed by atoms with van der Waals surface area (Å²) in [5.74, 6) is 0.632. The van der Waals surface area contributed by atoms with E-state index in [2.05, 4.69) is 5.10 Å². The Morgan fingerprint density at radius 1 is 1.38 bits per heavy atom. The van der Waals surface area contributed by atoms with E-state index in [9.17, 15) is 9.18 Å². The molecule has 1 unspecified atom stereocenters. The molecule has 0 saturated carbocycles. The van der Waals surface area contributed by atoms with Gasteiger partial charge in [-0.3, -0.25) is 9.69 Å². The van der Waals surface area contributed by atoms with Gasteiger partial charge >= 0.3 is 0 Å². The van der Waals surface area contributed by atoms with Crippen molar-refractivity contribution < 1.29 is 9.18 Å². The fourth-order valence-electron chi connectivity index (χ4n) is 2.61. The number of amides is 1. The number of aryl methyl sites for hydroxylation is 1. The fraction of sp³-hybridized carbons (Fsp3) is 0.333. The molecule has 6 heteroatoms. The molecular weight excluding hydrogens is 271 g/mol. The first-order chi connectivity index (χ1) is 10.1. The molecule has 1 aromatic carbocycles. The van der Waals surface area contributed by atoms with E-state index >= 15 is 0 Å². The number of anilines is 1. The quantitative estimate of drug-likeness (QED) is 0.933. The first-order valence-corrected chi connectivity index (χ1v) is 6.91. The van der Waals surface area contributed by atoms with E-state index in [1.165, 1.54) is 12.1 Å². The summed E-state index contributed by atoms with van der Waals surface area (Å²) in [5, 5.41) is 4.41. The van der Waals surface area contributed by atoms with Crippen molar-refractivity contribution in [1.29, 1.82) is 0 Å². The summed E-state index contributed by atoms with van der Waals surface area (Å²) in [6.07, 6.45) is 0.462. The molecule has 2 aromatic rings. The van der Waals surface area contributed by atoms with Crippen LogP contribution in [0.15, 0.2) is 30.3 Å². The number of nitrogens with two attached hydrogens (primary N) is 1. The van der Waals surface area contributed by atoms with Crippen molar-refractivity contribution in [3.8, 4) is 5.69 Å². The molecule has 1 aromatic heterocycles. The maximum Gasteiger partial charge on any atom is 0.228 e. The maximum absolute atomic E-state index is 13.1. The Morgan fingerprint density at radius 3 is 2.71 bits per heavy atom. The highest BCUT2D eigenvalue weighted by atomic mass is 19.1. The Morgan fingerprint density at radius 2 is 2.10 bits per heavy atom. The molecule has 5 nitrogen and oxygen atoms in total. The van der Waals surface area contributed by atoms with Crippen molar-refractivity contribution in [2.24, 2.45) is 11.7 Å². The molecule has 1 atom stereocenters. The maximum atomic E-state index is 13.1. The first kappa shape index (κ1) is 13.8. The smallest absolute Gasteiger partial charge is 0.228 e. The van der Waals surface area contributed by atoms with Crippen LogP contribution in [0.25, 0.3) is 5.69 Å². The van der Waals surface area contributed by atoms with Gasteiger partial charge in [0.05, 0.1) is 11.4 Å². The molecule has 2 heterocycles. The van der Waals surface area contributed by atoms with E-state index in [4.69, 9.17) is 5.73 Å². The summed E-state index contributed by atoms with van der Waals surface area (Å²) >= 11 is 0. The Labute approximate surface area is 122 Å². The second-order valence-electron chi connectivity index (χ2n) is 5.34. The first-order valence-electron chi connectivity index (χ1n) is 6.91. The van der Waals surface area contributed by atoms with E-state index in [0.29, 0.717) is 25.3 Å². The molecule has 2 N–H and O–H groups in total. The summed E-state index contributed by atoms with van der Waals surface area (Å²) in [5.41, 5.74) is 7.19. The number of carbonyl (C=O) groups is 1. The molecule has 3 rings (SSSR count). The van der Waals surface area contributed by atoms with E-state index in [0.717, 1.165) is 11.4 Å². The predicted octanol–water partition coefficient (Wildman–Crippen LogP) is 1.63.